The van der Waals surface area contributed by atoms with Crippen molar-refractivity contribution >= 4 is 5.97 Å². The second-order valence-electron chi connectivity index (χ2n) is 5.42. The predicted octanol–water partition coefficient (Wildman–Crippen LogP) is 1.97. The third-order valence-corrected chi connectivity index (χ3v) is 4.12. The molecule has 2 saturated carbocycles. The molecular weight excluding hydrogens is 214 g/mol. The van der Waals surface area contributed by atoms with Crippen molar-refractivity contribution in [2.75, 3.05) is 13.1 Å². The molecular formula is C14H21NO2. The molecule has 0 bridgehead atoms. The lowest BCUT2D eigenvalue weighted by Crippen LogP contribution is -2.42. The molecule has 0 aromatic rings. The topological polar surface area (TPSA) is 40.5 Å². The van der Waals surface area contributed by atoms with Crippen LogP contribution in [0.5, 0.6) is 0 Å². The highest BCUT2D eigenvalue weighted by Gasteiger charge is 2.36. The number of terminal acetylenes is 1. The Balaban J connectivity index is 1.92. The summed E-state index contributed by atoms with van der Waals surface area (Å²) in [4.78, 5) is 12.8. The third-order valence-electron chi connectivity index (χ3n) is 4.12. The lowest BCUT2D eigenvalue weighted by atomic mass is 9.82. The summed E-state index contributed by atoms with van der Waals surface area (Å²) in [5, 5.41) is 8.92. The normalized spacial score (nSPS) is 28.9. The molecule has 0 amide bonds. The first kappa shape index (κ1) is 12.4. The van der Waals surface area contributed by atoms with Crippen LogP contribution in [0.3, 0.4) is 0 Å². The van der Waals surface area contributed by atoms with Crippen molar-refractivity contribution in [3.8, 4) is 12.3 Å². The summed E-state index contributed by atoms with van der Waals surface area (Å²) in [5.41, 5.74) is 0. The summed E-state index contributed by atoms with van der Waals surface area (Å²) in [6, 6.07) is 0.390. The van der Waals surface area contributed by atoms with Crippen LogP contribution in [0.4, 0.5) is 0 Å². The van der Waals surface area contributed by atoms with E-state index < -0.39 is 5.97 Å². The maximum absolute atomic E-state index is 10.8. The first-order valence-electron chi connectivity index (χ1n) is 6.60. The predicted molar refractivity (Wildman–Crippen MR) is 66.5 cm³/mol. The van der Waals surface area contributed by atoms with Crippen molar-refractivity contribution in [2.45, 2.75) is 44.6 Å². The molecule has 2 rings (SSSR count). The smallest absolute Gasteiger partial charge is 0.317 e. The van der Waals surface area contributed by atoms with Crippen LogP contribution in [0.1, 0.15) is 38.5 Å². The zero-order valence-corrected chi connectivity index (χ0v) is 10.3. The quantitative estimate of drug-likeness (QED) is 0.741. The molecule has 2 unspecified atom stereocenters. The Hall–Kier alpha value is -1.01. The van der Waals surface area contributed by atoms with E-state index in [2.05, 4.69) is 5.92 Å². The number of carbonyl (C=O) groups is 1. The summed E-state index contributed by atoms with van der Waals surface area (Å²) in [6.07, 6.45) is 12.9. The van der Waals surface area contributed by atoms with E-state index in [0.29, 0.717) is 12.6 Å². The molecule has 2 fully saturated rings. The average Bonchev–Trinajstić information content (AvgIpc) is 3.12. The summed E-state index contributed by atoms with van der Waals surface area (Å²) in [6.45, 7) is 0.556. The summed E-state index contributed by atoms with van der Waals surface area (Å²) in [5.74, 6) is 3.57. The van der Waals surface area contributed by atoms with Gasteiger partial charge in [0.15, 0.2) is 0 Å². The average molecular weight is 235 g/mol. The summed E-state index contributed by atoms with van der Waals surface area (Å²) in [7, 11) is 0. The van der Waals surface area contributed by atoms with E-state index in [1.54, 1.807) is 0 Å². The lowest BCUT2D eigenvalue weighted by molar-refractivity contribution is -0.139. The number of carboxylic acids is 1. The van der Waals surface area contributed by atoms with Gasteiger partial charge < -0.3 is 5.11 Å². The fourth-order valence-electron chi connectivity index (χ4n) is 3.13. The highest BCUT2D eigenvalue weighted by Crippen LogP contribution is 2.44. The molecule has 0 aliphatic heterocycles. The summed E-state index contributed by atoms with van der Waals surface area (Å²) < 4.78 is 0. The number of hydrogen-bond acceptors (Lipinski definition) is 2. The van der Waals surface area contributed by atoms with Gasteiger partial charge in [-0.1, -0.05) is 18.8 Å². The van der Waals surface area contributed by atoms with Crippen molar-refractivity contribution in [2.24, 2.45) is 11.8 Å². The van der Waals surface area contributed by atoms with E-state index in [-0.39, 0.29) is 6.54 Å². The minimum atomic E-state index is -0.770. The van der Waals surface area contributed by atoms with Gasteiger partial charge >= 0.3 is 5.97 Å². The van der Waals surface area contributed by atoms with Crippen molar-refractivity contribution in [1.29, 1.82) is 0 Å². The van der Waals surface area contributed by atoms with E-state index in [9.17, 15) is 4.79 Å². The molecule has 17 heavy (non-hydrogen) atoms. The molecule has 94 valence electrons. The molecule has 2 aliphatic carbocycles. The Morgan fingerprint density at radius 1 is 1.29 bits per heavy atom. The van der Waals surface area contributed by atoms with Crippen molar-refractivity contribution in [1.82, 2.24) is 4.90 Å². The number of carboxylic acid groups (broad SMARTS) is 1. The second-order valence-corrected chi connectivity index (χ2v) is 5.42. The number of hydrogen-bond donors (Lipinski definition) is 1. The van der Waals surface area contributed by atoms with Gasteiger partial charge in [0.1, 0.15) is 0 Å². The van der Waals surface area contributed by atoms with E-state index in [1.165, 1.54) is 25.7 Å². The fraction of sp³-hybridized carbons (Fsp3) is 0.786. The van der Waals surface area contributed by atoms with Crippen LogP contribution in [0, 0.1) is 24.2 Å². The Labute approximate surface area is 103 Å². The molecule has 0 spiro atoms. The molecule has 0 aromatic carbocycles. The van der Waals surface area contributed by atoms with Gasteiger partial charge in [-0.3, -0.25) is 9.69 Å². The van der Waals surface area contributed by atoms with Crippen LogP contribution in [0.15, 0.2) is 0 Å². The van der Waals surface area contributed by atoms with Gasteiger partial charge in [0.25, 0.3) is 0 Å². The first-order chi connectivity index (χ1) is 8.20. The number of nitrogens with zero attached hydrogens (tertiary/aromatic N) is 1. The van der Waals surface area contributed by atoms with Crippen LogP contribution >= 0.6 is 0 Å². The van der Waals surface area contributed by atoms with Gasteiger partial charge in [0, 0.05) is 6.04 Å². The van der Waals surface area contributed by atoms with Crippen LogP contribution in [-0.4, -0.2) is 35.1 Å². The molecule has 2 aliphatic rings. The fourth-order valence-corrected chi connectivity index (χ4v) is 3.13. The molecule has 0 radical (unpaired) electrons. The SMILES string of the molecule is C#CCN(CC(=O)O)C1CCCC(C2CC2)C1. The van der Waals surface area contributed by atoms with Crippen LogP contribution in [-0.2, 0) is 4.79 Å². The Bertz CT molecular complexity index is 317. The van der Waals surface area contributed by atoms with Gasteiger partial charge in [-0.05, 0) is 37.5 Å². The lowest BCUT2D eigenvalue weighted by Gasteiger charge is -2.36. The molecule has 0 heterocycles. The molecule has 3 heteroatoms. The molecule has 0 aromatic heterocycles. The Kier molecular flexibility index (Phi) is 4.06. The maximum Gasteiger partial charge on any atom is 0.317 e. The third kappa shape index (κ3) is 3.47. The summed E-state index contributed by atoms with van der Waals surface area (Å²) >= 11 is 0. The Morgan fingerprint density at radius 3 is 2.65 bits per heavy atom. The van der Waals surface area contributed by atoms with Gasteiger partial charge in [0.2, 0.25) is 0 Å². The highest BCUT2D eigenvalue weighted by molar-refractivity contribution is 5.69. The van der Waals surface area contributed by atoms with Gasteiger partial charge in [-0.25, -0.2) is 0 Å². The van der Waals surface area contributed by atoms with E-state index in [1.807, 2.05) is 4.90 Å². The van der Waals surface area contributed by atoms with Gasteiger partial charge in [-0.15, -0.1) is 6.42 Å². The first-order valence-corrected chi connectivity index (χ1v) is 6.60. The highest BCUT2D eigenvalue weighted by atomic mass is 16.4. The molecule has 1 N–H and O–H groups in total. The monoisotopic (exact) mass is 235 g/mol. The van der Waals surface area contributed by atoms with Crippen LogP contribution < -0.4 is 0 Å². The molecule has 0 saturated heterocycles. The molecule has 3 nitrogen and oxygen atoms in total. The minimum Gasteiger partial charge on any atom is -0.480 e. The van der Waals surface area contributed by atoms with Crippen LogP contribution in [0.2, 0.25) is 0 Å². The second kappa shape index (κ2) is 5.55. The number of rotatable bonds is 5. The standard InChI is InChI=1S/C14H21NO2/c1-2-8-15(10-14(16)17)13-5-3-4-12(9-13)11-6-7-11/h1,11-13H,3-10H2,(H,16,17). The molecule has 2 atom stereocenters. The van der Waals surface area contributed by atoms with Crippen molar-refractivity contribution in [3.63, 3.8) is 0 Å². The van der Waals surface area contributed by atoms with Gasteiger partial charge in [0.05, 0.1) is 13.1 Å². The largest absolute Gasteiger partial charge is 0.480 e. The minimum absolute atomic E-state index is 0.0895. The zero-order valence-electron chi connectivity index (χ0n) is 10.3. The maximum atomic E-state index is 10.8. The van der Waals surface area contributed by atoms with E-state index in [4.69, 9.17) is 11.5 Å². The zero-order chi connectivity index (χ0) is 12.3. The van der Waals surface area contributed by atoms with Crippen LogP contribution in [0.25, 0.3) is 0 Å². The van der Waals surface area contributed by atoms with Gasteiger partial charge in [-0.2, -0.15) is 0 Å². The van der Waals surface area contributed by atoms with E-state index >= 15 is 0 Å². The number of aliphatic carboxylic acids is 1. The van der Waals surface area contributed by atoms with E-state index in [0.717, 1.165) is 24.7 Å². The van der Waals surface area contributed by atoms with Crippen molar-refractivity contribution < 1.29 is 9.90 Å². The Morgan fingerprint density at radius 2 is 2.06 bits per heavy atom. The van der Waals surface area contributed by atoms with Crippen molar-refractivity contribution in [3.05, 3.63) is 0 Å².